The first-order valence-corrected chi connectivity index (χ1v) is 5.24. The van der Waals surface area contributed by atoms with Gasteiger partial charge < -0.3 is 15.2 Å². The van der Waals surface area contributed by atoms with Crippen molar-refractivity contribution in [3.8, 4) is 0 Å². The lowest BCUT2D eigenvalue weighted by Crippen LogP contribution is -2.46. The number of hydrogen-bond acceptors (Lipinski definition) is 3. The van der Waals surface area contributed by atoms with Crippen LogP contribution in [0.4, 0.5) is 8.78 Å². The average molecular weight is 223 g/mol. The minimum atomic E-state index is -2.68. The number of nitrogens with one attached hydrogen (secondary N) is 1. The lowest BCUT2D eigenvalue weighted by atomic mass is 9.94. The van der Waals surface area contributed by atoms with Gasteiger partial charge >= 0.3 is 0 Å². The van der Waals surface area contributed by atoms with Crippen LogP contribution < -0.4 is 5.32 Å². The Morgan fingerprint density at radius 2 is 2.20 bits per heavy atom. The van der Waals surface area contributed by atoms with E-state index in [1.807, 2.05) is 13.8 Å². The molecule has 3 nitrogen and oxygen atoms in total. The number of hydrogen-bond donors (Lipinski definition) is 2. The van der Waals surface area contributed by atoms with E-state index in [0.717, 1.165) is 12.8 Å². The first kappa shape index (κ1) is 12.8. The number of aliphatic hydroxyl groups excluding tert-OH is 1. The van der Waals surface area contributed by atoms with Crippen LogP contribution in [0.15, 0.2) is 0 Å². The Bertz CT molecular complexity index is 200. The molecule has 0 aromatic rings. The van der Waals surface area contributed by atoms with Gasteiger partial charge in [-0.05, 0) is 26.7 Å². The van der Waals surface area contributed by atoms with E-state index >= 15 is 0 Å². The molecular formula is C10H19F2NO2. The van der Waals surface area contributed by atoms with Crippen molar-refractivity contribution in [2.45, 2.75) is 50.9 Å². The molecule has 5 heteroatoms. The number of ether oxygens (including phenoxy) is 1. The molecule has 0 saturated carbocycles. The minimum Gasteiger partial charge on any atom is -0.386 e. The summed E-state index contributed by atoms with van der Waals surface area (Å²) in [6.45, 7) is 4.53. The van der Waals surface area contributed by atoms with Crippen LogP contribution in [0.1, 0.15) is 26.7 Å². The maximum atomic E-state index is 12.0. The molecule has 0 spiro atoms. The van der Waals surface area contributed by atoms with Gasteiger partial charge in [0.25, 0.3) is 6.43 Å². The normalized spacial score (nSPS) is 28.0. The van der Waals surface area contributed by atoms with E-state index < -0.39 is 12.5 Å². The molecule has 15 heavy (non-hydrogen) atoms. The summed E-state index contributed by atoms with van der Waals surface area (Å²) >= 11 is 0. The van der Waals surface area contributed by atoms with Crippen molar-refractivity contribution in [2.75, 3.05) is 13.2 Å². The molecule has 2 unspecified atom stereocenters. The minimum absolute atomic E-state index is 0.0571. The Hall–Kier alpha value is -0.260. The summed E-state index contributed by atoms with van der Waals surface area (Å²) in [6.07, 6.45) is -2.66. The second-order valence-corrected chi connectivity index (χ2v) is 4.61. The molecule has 1 rings (SSSR count). The Morgan fingerprint density at radius 1 is 1.53 bits per heavy atom. The van der Waals surface area contributed by atoms with Crippen LogP contribution >= 0.6 is 0 Å². The third-order valence-corrected chi connectivity index (χ3v) is 2.60. The fourth-order valence-electron chi connectivity index (χ4n) is 1.78. The van der Waals surface area contributed by atoms with E-state index in [2.05, 4.69) is 5.32 Å². The topological polar surface area (TPSA) is 41.5 Å². The van der Waals surface area contributed by atoms with Crippen molar-refractivity contribution >= 4 is 0 Å². The highest BCUT2D eigenvalue weighted by molar-refractivity contribution is 4.83. The fourth-order valence-corrected chi connectivity index (χ4v) is 1.78. The van der Waals surface area contributed by atoms with Crippen molar-refractivity contribution in [2.24, 2.45) is 0 Å². The van der Waals surface area contributed by atoms with Gasteiger partial charge in [0, 0.05) is 19.2 Å². The molecule has 1 heterocycles. The van der Waals surface area contributed by atoms with Crippen molar-refractivity contribution in [3.63, 3.8) is 0 Å². The third-order valence-electron chi connectivity index (χ3n) is 2.60. The largest absolute Gasteiger partial charge is 0.386 e. The maximum absolute atomic E-state index is 12.0. The van der Waals surface area contributed by atoms with Crippen LogP contribution in [0.5, 0.6) is 0 Å². The molecule has 1 fully saturated rings. The fraction of sp³-hybridized carbons (Fsp3) is 1.00. The van der Waals surface area contributed by atoms with Crippen LogP contribution in [0, 0.1) is 0 Å². The van der Waals surface area contributed by atoms with E-state index in [0.29, 0.717) is 6.61 Å². The van der Waals surface area contributed by atoms with E-state index in [9.17, 15) is 8.78 Å². The predicted molar refractivity (Wildman–Crippen MR) is 53.1 cm³/mol. The van der Waals surface area contributed by atoms with Crippen LogP contribution in [-0.4, -0.2) is 42.4 Å². The predicted octanol–water partition coefficient (Wildman–Crippen LogP) is 1.16. The van der Waals surface area contributed by atoms with E-state index in [1.54, 1.807) is 0 Å². The molecule has 2 N–H and O–H groups in total. The van der Waals surface area contributed by atoms with Crippen LogP contribution in [-0.2, 0) is 4.74 Å². The maximum Gasteiger partial charge on any atom is 0.265 e. The molecule has 0 bridgehead atoms. The zero-order valence-corrected chi connectivity index (χ0v) is 9.17. The smallest absolute Gasteiger partial charge is 0.265 e. The van der Waals surface area contributed by atoms with Crippen LogP contribution in [0.2, 0.25) is 0 Å². The number of halogens is 2. The van der Waals surface area contributed by atoms with Crippen LogP contribution in [0.25, 0.3) is 0 Å². The zero-order chi connectivity index (χ0) is 11.5. The molecule has 90 valence electrons. The summed E-state index contributed by atoms with van der Waals surface area (Å²) in [4.78, 5) is 0. The molecule has 0 radical (unpaired) electrons. The Morgan fingerprint density at radius 3 is 2.73 bits per heavy atom. The van der Waals surface area contributed by atoms with Gasteiger partial charge in [-0.2, -0.15) is 0 Å². The van der Waals surface area contributed by atoms with Gasteiger partial charge in [-0.3, -0.25) is 0 Å². The van der Waals surface area contributed by atoms with Gasteiger partial charge in [-0.1, -0.05) is 0 Å². The molecule has 0 aromatic heterocycles. The van der Waals surface area contributed by atoms with Crippen molar-refractivity contribution < 1.29 is 18.6 Å². The highest BCUT2D eigenvalue weighted by atomic mass is 19.3. The molecule has 0 aromatic carbocycles. The standard InChI is InChI=1S/C10H19F2NO2/c1-10(2)5-7(3-4-15-10)13-6-8(14)9(11)12/h7-9,13-14H,3-6H2,1-2H3. The number of alkyl halides is 2. The summed E-state index contributed by atoms with van der Waals surface area (Å²) in [5, 5.41) is 11.9. The van der Waals surface area contributed by atoms with E-state index in [4.69, 9.17) is 9.84 Å². The molecule has 1 aliphatic heterocycles. The van der Waals surface area contributed by atoms with Gasteiger partial charge in [0.05, 0.1) is 5.60 Å². The lowest BCUT2D eigenvalue weighted by molar-refractivity contribution is -0.0664. The number of aliphatic hydroxyl groups is 1. The van der Waals surface area contributed by atoms with E-state index in [-0.39, 0.29) is 18.2 Å². The Kier molecular flexibility index (Phi) is 4.43. The summed E-state index contributed by atoms with van der Waals surface area (Å²) in [5.74, 6) is 0. The molecular weight excluding hydrogens is 204 g/mol. The van der Waals surface area contributed by atoms with Crippen molar-refractivity contribution in [3.05, 3.63) is 0 Å². The highest BCUT2D eigenvalue weighted by Gasteiger charge is 2.29. The Labute approximate surface area is 88.8 Å². The SMILES string of the molecule is CC1(C)CC(NCC(O)C(F)F)CCO1. The second-order valence-electron chi connectivity index (χ2n) is 4.61. The molecule has 1 saturated heterocycles. The lowest BCUT2D eigenvalue weighted by Gasteiger charge is -2.36. The number of rotatable bonds is 4. The molecule has 0 aliphatic carbocycles. The molecule has 1 aliphatic rings. The zero-order valence-electron chi connectivity index (χ0n) is 9.17. The summed E-state index contributed by atoms with van der Waals surface area (Å²) < 4.78 is 29.5. The monoisotopic (exact) mass is 223 g/mol. The molecule has 0 amide bonds. The van der Waals surface area contributed by atoms with Crippen molar-refractivity contribution in [1.82, 2.24) is 5.32 Å². The van der Waals surface area contributed by atoms with Gasteiger partial charge in [-0.15, -0.1) is 0 Å². The van der Waals surface area contributed by atoms with Gasteiger partial charge in [0.2, 0.25) is 0 Å². The summed E-state index contributed by atoms with van der Waals surface area (Å²) in [5.41, 5.74) is -0.203. The van der Waals surface area contributed by atoms with Crippen LogP contribution in [0.3, 0.4) is 0 Å². The first-order chi connectivity index (χ1) is 6.91. The summed E-state index contributed by atoms with van der Waals surface area (Å²) in [7, 11) is 0. The van der Waals surface area contributed by atoms with E-state index in [1.165, 1.54) is 0 Å². The Balaban J connectivity index is 2.27. The quantitative estimate of drug-likeness (QED) is 0.751. The average Bonchev–Trinajstić information content (AvgIpc) is 2.12. The summed E-state index contributed by atoms with van der Waals surface area (Å²) in [6, 6.07) is 0.155. The van der Waals surface area contributed by atoms with Gasteiger partial charge in [-0.25, -0.2) is 8.78 Å². The highest BCUT2D eigenvalue weighted by Crippen LogP contribution is 2.23. The first-order valence-electron chi connectivity index (χ1n) is 5.24. The van der Waals surface area contributed by atoms with Crippen molar-refractivity contribution in [1.29, 1.82) is 0 Å². The third kappa shape index (κ3) is 4.40. The van der Waals surface area contributed by atoms with Gasteiger partial charge in [0.15, 0.2) is 0 Å². The van der Waals surface area contributed by atoms with Gasteiger partial charge in [0.1, 0.15) is 6.10 Å². The second kappa shape index (κ2) is 5.18. The molecule has 2 atom stereocenters.